The number of carbonyl (C=O) groups excluding carboxylic acids is 1. The molecule has 0 aliphatic heterocycles. The van der Waals surface area contributed by atoms with Gasteiger partial charge in [0.2, 0.25) is 4.58 Å². The van der Waals surface area contributed by atoms with E-state index in [0.717, 1.165) is 0 Å². The molecule has 4 heteroatoms. The van der Waals surface area contributed by atoms with E-state index >= 15 is 0 Å². The van der Waals surface area contributed by atoms with Crippen molar-refractivity contribution in [2.45, 2.75) is 4.58 Å². The second kappa shape index (κ2) is 4.26. The van der Waals surface area contributed by atoms with Gasteiger partial charge in [-0.3, -0.25) is 4.79 Å². The number of hydrogen-bond donors (Lipinski definition) is 0. The lowest BCUT2D eigenvalue weighted by molar-refractivity contribution is -0.111. The summed E-state index contributed by atoms with van der Waals surface area (Å²) in [6.07, 6.45) is 11.0. The fourth-order valence-electron chi connectivity index (χ4n) is 1.56. The predicted molar refractivity (Wildman–Crippen MR) is 69.2 cm³/mol. The predicted octanol–water partition coefficient (Wildman–Crippen LogP) is 3.89. The van der Waals surface area contributed by atoms with Crippen molar-refractivity contribution in [2.75, 3.05) is 0 Å². The highest BCUT2D eigenvalue weighted by molar-refractivity contribution is 9.12. The summed E-state index contributed by atoms with van der Waals surface area (Å²) in [5, 5.41) is 0. The molecule has 0 aromatic heterocycles. The van der Waals surface area contributed by atoms with Crippen LogP contribution in [0.25, 0.3) is 0 Å². The van der Waals surface area contributed by atoms with Crippen LogP contribution in [0.2, 0.25) is 0 Å². The molecule has 0 radical (unpaired) electrons. The SMILES string of the molecule is O=C1C=CC=CC1=C1C(Br)=CC=CC1(F)Br. The topological polar surface area (TPSA) is 17.1 Å². The second-order valence-electron chi connectivity index (χ2n) is 3.37. The van der Waals surface area contributed by atoms with E-state index in [-0.39, 0.29) is 5.78 Å². The molecule has 0 spiro atoms. The number of hydrogen-bond acceptors (Lipinski definition) is 1. The van der Waals surface area contributed by atoms with Crippen molar-refractivity contribution in [1.82, 2.24) is 0 Å². The first-order valence-electron chi connectivity index (χ1n) is 4.59. The standard InChI is InChI=1S/C12H7Br2FO/c13-9-5-3-7-12(14,15)11(9)8-4-1-2-6-10(8)16/h1-7H. The van der Waals surface area contributed by atoms with Gasteiger partial charge in [-0.05, 0) is 34.2 Å². The van der Waals surface area contributed by atoms with Crippen molar-refractivity contribution < 1.29 is 9.18 Å². The third-order valence-electron chi connectivity index (χ3n) is 2.28. The fraction of sp³-hybridized carbons (Fsp3) is 0.0833. The first kappa shape index (κ1) is 11.7. The third-order valence-corrected chi connectivity index (χ3v) is 3.60. The molecule has 1 atom stereocenters. The Kier molecular flexibility index (Phi) is 3.13. The first-order chi connectivity index (χ1) is 7.52. The molecule has 0 heterocycles. The maximum absolute atomic E-state index is 14.2. The maximum Gasteiger partial charge on any atom is 0.210 e. The second-order valence-corrected chi connectivity index (χ2v) is 5.38. The fourth-order valence-corrected chi connectivity index (χ4v) is 3.06. The summed E-state index contributed by atoms with van der Waals surface area (Å²) < 4.78 is 13.0. The molecular formula is C12H7Br2FO. The average molecular weight is 346 g/mol. The lowest BCUT2D eigenvalue weighted by Crippen LogP contribution is -2.20. The molecule has 82 valence electrons. The molecule has 2 aliphatic rings. The van der Waals surface area contributed by atoms with E-state index < -0.39 is 4.58 Å². The van der Waals surface area contributed by atoms with Crippen molar-refractivity contribution in [3.05, 3.63) is 58.2 Å². The van der Waals surface area contributed by atoms with Crippen LogP contribution in [0.4, 0.5) is 4.39 Å². The molecule has 0 fully saturated rings. The van der Waals surface area contributed by atoms with Crippen LogP contribution in [-0.4, -0.2) is 10.4 Å². The minimum atomic E-state index is -1.80. The molecule has 1 unspecified atom stereocenters. The molecule has 0 aromatic carbocycles. The Morgan fingerprint density at radius 2 is 1.88 bits per heavy atom. The lowest BCUT2D eigenvalue weighted by Gasteiger charge is -2.23. The number of halogens is 3. The maximum atomic E-state index is 14.2. The van der Waals surface area contributed by atoms with Gasteiger partial charge < -0.3 is 0 Å². The molecule has 0 amide bonds. The Labute approximate surface area is 109 Å². The highest BCUT2D eigenvalue weighted by Gasteiger charge is 2.35. The first-order valence-corrected chi connectivity index (χ1v) is 6.18. The summed E-state index contributed by atoms with van der Waals surface area (Å²) in [5.74, 6) is -0.195. The van der Waals surface area contributed by atoms with Crippen LogP contribution in [-0.2, 0) is 4.79 Å². The minimum Gasteiger partial charge on any atom is -0.289 e. The van der Waals surface area contributed by atoms with Gasteiger partial charge in [-0.2, -0.15) is 0 Å². The molecule has 2 rings (SSSR count). The van der Waals surface area contributed by atoms with E-state index in [1.807, 2.05) is 0 Å². The summed E-state index contributed by atoms with van der Waals surface area (Å²) in [7, 11) is 0. The van der Waals surface area contributed by atoms with E-state index in [4.69, 9.17) is 0 Å². The van der Waals surface area contributed by atoms with Gasteiger partial charge in [-0.15, -0.1) is 0 Å². The van der Waals surface area contributed by atoms with Gasteiger partial charge >= 0.3 is 0 Å². The quantitative estimate of drug-likeness (QED) is 0.481. The van der Waals surface area contributed by atoms with Gasteiger partial charge in [0.15, 0.2) is 5.78 Å². The number of ketones is 1. The van der Waals surface area contributed by atoms with Crippen molar-refractivity contribution in [3.63, 3.8) is 0 Å². The van der Waals surface area contributed by atoms with Crippen molar-refractivity contribution in [3.8, 4) is 0 Å². The van der Waals surface area contributed by atoms with Crippen LogP contribution in [0.3, 0.4) is 0 Å². The normalized spacial score (nSPS) is 33.2. The number of carbonyl (C=O) groups is 1. The summed E-state index contributed by atoms with van der Waals surface area (Å²) in [5.41, 5.74) is 0.662. The molecular weight excluding hydrogens is 339 g/mol. The van der Waals surface area contributed by atoms with Crippen LogP contribution < -0.4 is 0 Å². The summed E-state index contributed by atoms with van der Waals surface area (Å²) in [6.45, 7) is 0. The van der Waals surface area contributed by atoms with Gasteiger partial charge in [0.1, 0.15) is 0 Å². The Morgan fingerprint density at radius 3 is 2.50 bits per heavy atom. The largest absolute Gasteiger partial charge is 0.289 e. The van der Waals surface area contributed by atoms with Crippen LogP contribution in [0.5, 0.6) is 0 Å². The van der Waals surface area contributed by atoms with Gasteiger partial charge in [-0.1, -0.05) is 40.2 Å². The van der Waals surface area contributed by atoms with E-state index in [0.29, 0.717) is 15.6 Å². The Bertz CT molecular complexity index is 493. The zero-order valence-electron chi connectivity index (χ0n) is 8.08. The van der Waals surface area contributed by atoms with Crippen molar-refractivity contribution >= 4 is 37.6 Å². The molecule has 0 saturated carbocycles. The van der Waals surface area contributed by atoms with E-state index in [1.165, 1.54) is 12.2 Å². The molecule has 0 bridgehead atoms. The van der Waals surface area contributed by atoms with Gasteiger partial charge in [0.25, 0.3) is 0 Å². The van der Waals surface area contributed by atoms with Crippen LogP contribution in [0.15, 0.2) is 58.2 Å². The van der Waals surface area contributed by atoms with Crippen LogP contribution >= 0.6 is 31.9 Å². The zero-order valence-corrected chi connectivity index (χ0v) is 11.3. The summed E-state index contributed by atoms with van der Waals surface area (Å²) in [4.78, 5) is 11.7. The molecule has 1 nitrogen and oxygen atoms in total. The Morgan fingerprint density at radius 1 is 1.19 bits per heavy atom. The average Bonchev–Trinajstić information content (AvgIpc) is 2.19. The highest BCUT2D eigenvalue weighted by atomic mass is 79.9. The molecule has 0 N–H and O–H groups in total. The number of rotatable bonds is 0. The van der Waals surface area contributed by atoms with Gasteiger partial charge in [-0.25, -0.2) is 4.39 Å². The van der Waals surface area contributed by atoms with E-state index in [2.05, 4.69) is 31.9 Å². The minimum absolute atomic E-state index is 0.195. The molecule has 2 aliphatic carbocycles. The Hall–Kier alpha value is -0.740. The molecule has 0 saturated heterocycles. The zero-order chi connectivity index (χ0) is 11.8. The molecule has 16 heavy (non-hydrogen) atoms. The van der Waals surface area contributed by atoms with Crippen molar-refractivity contribution in [2.24, 2.45) is 0 Å². The number of alkyl halides is 2. The van der Waals surface area contributed by atoms with Crippen LogP contribution in [0.1, 0.15) is 0 Å². The van der Waals surface area contributed by atoms with Gasteiger partial charge in [0.05, 0.1) is 0 Å². The smallest absolute Gasteiger partial charge is 0.210 e. The van der Waals surface area contributed by atoms with Gasteiger partial charge in [0, 0.05) is 15.6 Å². The Balaban J connectivity index is 2.61. The lowest BCUT2D eigenvalue weighted by atomic mass is 9.94. The summed E-state index contributed by atoms with van der Waals surface area (Å²) >= 11 is 6.24. The highest BCUT2D eigenvalue weighted by Crippen LogP contribution is 2.43. The van der Waals surface area contributed by atoms with E-state index in [1.54, 1.807) is 30.4 Å². The monoisotopic (exact) mass is 344 g/mol. The van der Waals surface area contributed by atoms with Crippen molar-refractivity contribution in [1.29, 1.82) is 0 Å². The van der Waals surface area contributed by atoms with E-state index in [9.17, 15) is 9.18 Å². The molecule has 0 aromatic rings. The summed E-state index contributed by atoms with van der Waals surface area (Å²) in [6, 6.07) is 0. The number of allylic oxidation sites excluding steroid dienone is 10. The third kappa shape index (κ3) is 2.04. The van der Waals surface area contributed by atoms with Crippen LogP contribution in [0, 0.1) is 0 Å².